The van der Waals surface area contributed by atoms with E-state index in [9.17, 15) is 19.7 Å². The molecule has 0 spiro atoms. The van der Waals surface area contributed by atoms with Gasteiger partial charge in [-0.25, -0.2) is 0 Å². The van der Waals surface area contributed by atoms with Crippen LogP contribution in [-0.2, 0) is 16.2 Å². The average Bonchev–Trinajstić information content (AvgIpc) is 2.42. The van der Waals surface area contributed by atoms with Gasteiger partial charge in [0.2, 0.25) is 0 Å². The van der Waals surface area contributed by atoms with Crippen molar-refractivity contribution in [3.63, 3.8) is 0 Å². The largest absolute Gasteiger partial charge is 0.481 e. The van der Waals surface area contributed by atoms with Gasteiger partial charge in [0, 0.05) is 18.5 Å². The highest BCUT2D eigenvalue weighted by Gasteiger charge is 2.14. The van der Waals surface area contributed by atoms with Gasteiger partial charge in [-0.1, -0.05) is 25.1 Å². The molecule has 0 fully saturated rings. The van der Waals surface area contributed by atoms with Crippen LogP contribution in [0.3, 0.4) is 0 Å². The van der Waals surface area contributed by atoms with E-state index in [1.54, 1.807) is 25.1 Å². The zero-order chi connectivity index (χ0) is 15.8. The molecule has 0 heterocycles. The molecular formula is C13H16N2O6. The number of benzene rings is 1. The van der Waals surface area contributed by atoms with Gasteiger partial charge in [0.05, 0.1) is 0 Å². The van der Waals surface area contributed by atoms with Crippen LogP contribution in [0.1, 0.15) is 29.3 Å². The van der Waals surface area contributed by atoms with E-state index >= 15 is 0 Å². The van der Waals surface area contributed by atoms with E-state index in [2.05, 4.69) is 10.2 Å². The van der Waals surface area contributed by atoms with Crippen molar-refractivity contribution in [1.29, 1.82) is 0 Å². The standard InChI is InChI=1S/C13H16N2O6/c1-9(6-12(16)17)7-14-13(18)11-5-3-2-4-10(11)8-21-15(19)20/h2-5,9H,6-8H2,1H3,(H,14,18)(H,16,17). The van der Waals surface area contributed by atoms with Crippen LogP contribution in [0.5, 0.6) is 0 Å². The van der Waals surface area contributed by atoms with Gasteiger partial charge in [-0.05, 0) is 17.5 Å². The Morgan fingerprint density at radius 3 is 2.71 bits per heavy atom. The summed E-state index contributed by atoms with van der Waals surface area (Å²) in [5, 5.41) is 20.5. The molecule has 8 heteroatoms. The van der Waals surface area contributed by atoms with Crippen LogP contribution in [0.15, 0.2) is 24.3 Å². The molecule has 0 aliphatic rings. The molecule has 1 aromatic carbocycles. The lowest BCUT2D eigenvalue weighted by molar-refractivity contribution is -0.763. The van der Waals surface area contributed by atoms with Crippen molar-refractivity contribution in [3.05, 3.63) is 45.5 Å². The number of carbonyl (C=O) groups excluding carboxylic acids is 1. The molecular weight excluding hydrogens is 280 g/mol. The monoisotopic (exact) mass is 296 g/mol. The van der Waals surface area contributed by atoms with E-state index in [1.807, 2.05) is 0 Å². The lowest BCUT2D eigenvalue weighted by Crippen LogP contribution is -2.30. The minimum absolute atomic E-state index is 0.0492. The zero-order valence-electron chi connectivity index (χ0n) is 11.4. The zero-order valence-corrected chi connectivity index (χ0v) is 11.4. The highest BCUT2D eigenvalue weighted by Crippen LogP contribution is 2.10. The molecule has 1 atom stereocenters. The number of nitrogens with zero attached hydrogens (tertiary/aromatic N) is 1. The van der Waals surface area contributed by atoms with Crippen molar-refractivity contribution in [3.8, 4) is 0 Å². The summed E-state index contributed by atoms with van der Waals surface area (Å²) in [6.45, 7) is 1.59. The van der Waals surface area contributed by atoms with E-state index in [0.717, 1.165) is 0 Å². The molecule has 0 bridgehead atoms. The van der Waals surface area contributed by atoms with Gasteiger partial charge < -0.3 is 15.3 Å². The third kappa shape index (κ3) is 5.89. The maximum Gasteiger partial charge on any atom is 0.303 e. The van der Waals surface area contributed by atoms with E-state index in [1.165, 1.54) is 6.07 Å². The Bertz CT molecular complexity index is 531. The summed E-state index contributed by atoms with van der Waals surface area (Å²) in [7, 11) is 0. The smallest absolute Gasteiger partial charge is 0.303 e. The van der Waals surface area contributed by atoms with Gasteiger partial charge in [0.15, 0.2) is 0 Å². The van der Waals surface area contributed by atoms with Crippen LogP contribution < -0.4 is 5.32 Å². The first-order valence-corrected chi connectivity index (χ1v) is 6.25. The Kier molecular flexibility index (Phi) is 6.12. The summed E-state index contributed by atoms with van der Waals surface area (Å²) in [6, 6.07) is 6.35. The van der Waals surface area contributed by atoms with Crippen molar-refractivity contribution in [2.75, 3.05) is 6.54 Å². The van der Waals surface area contributed by atoms with E-state index < -0.39 is 17.0 Å². The fourth-order valence-corrected chi connectivity index (χ4v) is 1.72. The molecule has 0 aliphatic carbocycles. The van der Waals surface area contributed by atoms with E-state index in [0.29, 0.717) is 5.56 Å². The third-order valence-corrected chi connectivity index (χ3v) is 2.72. The van der Waals surface area contributed by atoms with Gasteiger partial charge in [0.25, 0.3) is 11.0 Å². The Morgan fingerprint density at radius 2 is 2.10 bits per heavy atom. The van der Waals surface area contributed by atoms with Gasteiger partial charge >= 0.3 is 5.97 Å². The maximum absolute atomic E-state index is 12.0. The average molecular weight is 296 g/mol. The Balaban J connectivity index is 2.65. The van der Waals surface area contributed by atoms with Crippen LogP contribution in [0, 0.1) is 16.0 Å². The predicted octanol–water partition coefficient (Wildman–Crippen LogP) is 1.24. The molecule has 0 saturated carbocycles. The fraction of sp³-hybridized carbons (Fsp3) is 0.385. The van der Waals surface area contributed by atoms with Crippen LogP contribution in [0.4, 0.5) is 0 Å². The predicted molar refractivity (Wildman–Crippen MR) is 72.0 cm³/mol. The molecule has 1 aromatic rings. The quantitative estimate of drug-likeness (QED) is 0.550. The molecule has 1 amide bonds. The lowest BCUT2D eigenvalue weighted by Gasteiger charge is -2.12. The van der Waals surface area contributed by atoms with Gasteiger partial charge in [-0.2, -0.15) is 0 Å². The lowest BCUT2D eigenvalue weighted by atomic mass is 10.1. The van der Waals surface area contributed by atoms with E-state index in [4.69, 9.17) is 5.11 Å². The first kappa shape index (κ1) is 16.4. The maximum atomic E-state index is 12.0. The van der Waals surface area contributed by atoms with Crippen molar-refractivity contribution < 1.29 is 24.6 Å². The Morgan fingerprint density at radius 1 is 1.43 bits per heavy atom. The van der Waals surface area contributed by atoms with Gasteiger partial charge in [-0.15, -0.1) is 10.1 Å². The Hall–Kier alpha value is -2.64. The van der Waals surface area contributed by atoms with Crippen LogP contribution in [0.25, 0.3) is 0 Å². The number of carboxylic acids is 1. The number of hydrogen-bond donors (Lipinski definition) is 2. The normalized spacial score (nSPS) is 11.5. The number of aliphatic carboxylic acids is 1. The first-order chi connectivity index (χ1) is 9.90. The number of nitrogens with one attached hydrogen (secondary N) is 1. The minimum Gasteiger partial charge on any atom is -0.481 e. The molecule has 0 saturated heterocycles. The first-order valence-electron chi connectivity index (χ1n) is 6.25. The molecule has 0 radical (unpaired) electrons. The molecule has 0 aliphatic heterocycles. The molecule has 2 N–H and O–H groups in total. The second kappa shape index (κ2) is 7.83. The molecule has 1 unspecified atom stereocenters. The highest BCUT2D eigenvalue weighted by molar-refractivity contribution is 5.95. The number of amides is 1. The van der Waals surface area contributed by atoms with Crippen molar-refractivity contribution in [1.82, 2.24) is 5.32 Å². The fourth-order valence-electron chi connectivity index (χ4n) is 1.72. The minimum atomic E-state index is -0.934. The van der Waals surface area contributed by atoms with Crippen molar-refractivity contribution in [2.45, 2.75) is 20.0 Å². The Labute approximate surface area is 120 Å². The summed E-state index contributed by atoms with van der Waals surface area (Å²) >= 11 is 0. The summed E-state index contributed by atoms with van der Waals surface area (Å²) < 4.78 is 0. The SMILES string of the molecule is CC(CNC(=O)c1ccccc1CO[N+](=O)[O-])CC(=O)O. The number of hydrogen-bond acceptors (Lipinski definition) is 5. The van der Waals surface area contributed by atoms with E-state index in [-0.39, 0.29) is 31.1 Å². The van der Waals surface area contributed by atoms with Crippen LogP contribution in [0.2, 0.25) is 0 Å². The number of carbonyl (C=O) groups is 2. The molecule has 0 aromatic heterocycles. The molecule has 21 heavy (non-hydrogen) atoms. The number of carboxylic acid groups (broad SMARTS) is 1. The summed E-state index contributed by atoms with van der Waals surface area (Å²) in [5.74, 6) is -1.57. The summed E-state index contributed by atoms with van der Waals surface area (Å²) in [6.07, 6.45) is -0.0492. The molecule has 8 nitrogen and oxygen atoms in total. The highest BCUT2D eigenvalue weighted by atomic mass is 16.9. The third-order valence-electron chi connectivity index (χ3n) is 2.72. The van der Waals surface area contributed by atoms with Crippen LogP contribution >= 0.6 is 0 Å². The van der Waals surface area contributed by atoms with Crippen LogP contribution in [-0.4, -0.2) is 28.6 Å². The topological polar surface area (TPSA) is 119 Å². The second-order valence-electron chi connectivity index (χ2n) is 4.57. The van der Waals surface area contributed by atoms with Gasteiger partial charge in [-0.3, -0.25) is 9.59 Å². The van der Waals surface area contributed by atoms with Gasteiger partial charge in [0.1, 0.15) is 6.61 Å². The van der Waals surface area contributed by atoms with Crippen molar-refractivity contribution in [2.24, 2.45) is 5.92 Å². The number of rotatable bonds is 8. The molecule has 1 rings (SSSR count). The summed E-state index contributed by atoms with van der Waals surface area (Å²) in [5.41, 5.74) is 0.652. The van der Waals surface area contributed by atoms with Crippen molar-refractivity contribution >= 4 is 11.9 Å². The molecule has 114 valence electrons. The summed E-state index contributed by atoms with van der Waals surface area (Å²) in [4.78, 5) is 37.0. The second-order valence-corrected chi connectivity index (χ2v) is 4.57.